The Bertz CT molecular complexity index is 782. The van der Waals surface area contributed by atoms with E-state index in [1.165, 1.54) is 0 Å². The van der Waals surface area contributed by atoms with Crippen LogP contribution in [-0.4, -0.2) is 4.98 Å². The van der Waals surface area contributed by atoms with Crippen LogP contribution >= 0.6 is 46.4 Å². The Morgan fingerprint density at radius 1 is 0.652 bits per heavy atom. The van der Waals surface area contributed by atoms with Crippen LogP contribution in [0.1, 0.15) is 22.6 Å². The van der Waals surface area contributed by atoms with Crippen molar-refractivity contribution in [3.63, 3.8) is 0 Å². The Balaban J connectivity index is 2.17. The molecule has 0 radical (unpaired) electrons. The minimum atomic E-state index is -0.0618. The van der Waals surface area contributed by atoms with Gasteiger partial charge in [-0.3, -0.25) is 4.98 Å². The highest BCUT2D eigenvalue weighted by Crippen LogP contribution is 2.36. The van der Waals surface area contributed by atoms with Gasteiger partial charge in [-0.15, -0.1) is 0 Å². The highest BCUT2D eigenvalue weighted by atomic mass is 35.5. The van der Waals surface area contributed by atoms with E-state index in [0.29, 0.717) is 20.1 Å². The lowest BCUT2D eigenvalue weighted by Gasteiger charge is -2.19. The summed E-state index contributed by atoms with van der Waals surface area (Å²) in [7, 11) is 0. The summed E-state index contributed by atoms with van der Waals surface area (Å²) in [6, 6.07) is 15.1. The van der Waals surface area contributed by atoms with Gasteiger partial charge in [-0.25, -0.2) is 0 Å². The van der Waals surface area contributed by atoms with Gasteiger partial charge in [0, 0.05) is 18.3 Å². The molecule has 0 atom stereocenters. The number of halogens is 4. The molecule has 0 aliphatic heterocycles. The third-order valence-electron chi connectivity index (χ3n) is 3.57. The van der Waals surface area contributed by atoms with Gasteiger partial charge in [0.15, 0.2) is 0 Å². The Kier molecular flexibility index (Phi) is 5.13. The molecule has 0 spiro atoms. The van der Waals surface area contributed by atoms with Crippen LogP contribution in [-0.2, 0) is 0 Å². The van der Waals surface area contributed by atoms with Crippen molar-refractivity contribution in [1.29, 1.82) is 0 Å². The molecule has 23 heavy (non-hydrogen) atoms. The van der Waals surface area contributed by atoms with E-state index in [1.807, 2.05) is 42.6 Å². The van der Waals surface area contributed by atoms with E-state index in [4.69, 9.17) is 46.4 Å². The first-order chi connectivity index (χ1) is 11.1. The van der Waals surface area contributed by atoms with Gasteiger partial charge >= 0.3 is 0 Å². The second kappa shape index (κ2) is 7.11. The Morgan fingerprint density at radius 2 is 1.22 bits per heavy atom. The highest BCUT2D eigenvalue weighted by Gasteiger charge is 2.19. The summed E-state index contributed by atoms with van der Waals surface area (Å²) < 4.78 is 0. The summed E-state index contributed by atoms with van der Waals surface area (Å²) in [4.78, 5) is 4.22. The molecule has 0 amide bonds. The summed E-state index contributed by atoms with van der Waals surface area (Å²) in [5.41, 5.74) is 3.04. The molecule has 0 saturated carbocycles. The topological polar surface area (TPSA) is 12.9 Å². The Hall–Kier alpha value is -1.25. The maximum absolute atomic E-state index is 6.19. The van der Waals surface area contributed by atoms with Gasteiger partial charge < -0.3 is 0 Å². The fourth-order valence-corrected chi connectivity index (χ4v) is 3.12. The van der Waals surface area contributed by atoms with E-state index in [0.717, 1.165) is 16.7 Å². The maximum Gasteiger partial charge on any atom is 0.0595 e. The summed E-state index contributed by atoms with van der Waals surface area (Å²) in [6.45, 7) is 0. The fourth-order valence-electron chi connectivity index (χ4n) is 2.51. The van der Waals surface area contributed by atoms with E-state index < -0.39 is 0 Å². The van der Waals surface area contributed by atoms with Crippen molar-refractivity contribution in [1.82, 2.24) is 4.98 Å². The summed E-state index contributed by atoms with van der Waals surface area (Å²) in [5, 5.41) is 2.07. The first-order valence-corrected chi connectivity index (χ1v) is 8.37. The molecule has 0 aliphatic rings. The molecule has 0 aliphatic carbocycles. The van der Waals surface area contributed by atoms with Crippen molar-refractivity contribution >= 4 is 46.4 Å². The standard InChI is InChI=1S/C18H11Cl4N/c19-14-5-3-11(8-16(14)21)18(13-2-1-7-23-10-13)12-4-6-15(20)17(22)9-12/h1-10,18H. The molecule has 0 N–H and O–H groups in total. The third-order valence-corrected chi connectivity index (χ3v) is 5.05. The van der Waals surface area contributed by atoms with E-state index in [1.54, 1.807) is 18.3 Å². The predicted molar refractivity (Wildman–Crippen MR) is 98.1 cm³/mol. The number of nitrogens with zero attached hydrogens (tertiary/aromatic N) is 1. The molecule has 1 heterocycles. The fraction of sp³-hybridized carbons (Fsp3) is 0.0556. The summed E-state index contributed by atoms with van der Waals surface area (Å²) in [6.07, 6.45) is 3.57. The zero-order chi connectivity index (χ0) is 16.4. The van der Waals surface area contributed by atoms with E-state index in [2.05, 4.69) is 4.98 Å². The zero-order valence-electron chi connectivity index (χ0n) is 11.8. The minimum absolute atomic E-state index is 0.0618. The van der Waals surface area contributed by atoms with Crippen molar-refractivity contribution in [2.24, 2.45) is 0 Å². The molecular formula is C18H11Cl4N. The first-order valence-electron chi connectivity index (χ1n) is 6.86. The van der Waals surface area contributed by atoms with Crippen LogP contribution in [0.25, 0.3) is 0 Å². The van der Waals surface area contributed by atoms with Gasteiger partial charge in [-0.2, -0.15) is 0 Å². The van der Waals surface area contributed by atoms with Crippen molar-refractivity contribution < 1.29 is 0 Å². The van der Waals surface area contributed by atoms with Gasteiger partial charge in [0.2, 0.25) is 0 Å². The molecule has 3 rings (SSSR count). The number of aromatic nitrogens is 1. The molecule has 1 aromatic heterocycles. The van der Waals surface area contributed by atoms with Crippen LogP contribution in [0, 0.1) is 0 Å². The van der Waals surface area contributed by atoms with Crippen LogP contribution in [0.3, 0.4) is 0 Å². The van der Waals surface area contributed by atoms with E-state index in [-0.39, 0.29) is 5.92 Å². The largest absolute Gasteiger partial charge is 0.264 e. The van der Waals surface area contributed by atoms with Crippen molar-refractivity contribution in [2.75, 3.05) is 0 Å². The highest BCUT2D eigenvalue weighted by molar-refractivity contribution is 6.42. The molecular weight excluding hydrogens is 372 g/mol. The molecule has 3 aromatic rings. The number of hydrogen-bond donors (Lipinski definition) is 0. The van der Waals surface area contributed by atoms with E-state index >= 15 is 0 Å². The Labute approximate surface area is 154 Å². The van der Waals surface area contributed by atoms with Crippen LogP contribution in [0.15, 0.2) is 60.9 Å². The lowest BCUT2D eigenvalue weighted by Crippen LogP contribution is -2.04. The summed E-state index contributed by atoms with van der Waals surface area (Å²) in [5.74, 6) is -0.0618. The molecule has 2 aromatic carbocycles. The normalized spacial score (nSPS) is 11.0. The molecule has 0 unspecified atom stereocenters. The Morgan fingerprint density at radius 3 is 1.65 bits per heavy atom. The SMILES string of the molecule is Clc1ccc(C(c2cccnc2)c2ccc(Cl)c(Cl)c2)cc1Cl. The van der Waals surface area contributed by atoms with Crippen molar-refractivity contribution in [3.05, 3.63) is 97.7 Å². The van der Waals surface area contributed by atoms with Crippen LogP contribution < -0.4 is 0 Å². The quantitative estimate of drug-likeness (QED) is 0.481. The van der Waals surface area contributed by atoms with E-state index in [9.17, 15) is 0 Å². The zero-order valence-corrected chi connectivity index (χ0v) is 14.8. The van der Waals surface area contributed by atoms with Crippen molar-refractivity contribution in [2.45, 2.75) is 5.92 Å². The smallest absolute Gasteiger partial charge is 0.0595 e. The number of pyridine rings is 1. The monoisotopic (exact) mass is 381 g/mol. The maximum atomic E-state index is 6.19. The minimum Gasteiger partial charge on any atom is -0.264 e. The third kappa shape index (κ3) is 3.64. The van der Waals surface area contributed by atoms with Gasteiger partial charge in [0.05, 0.1) is 20.1 Å². The molecule has 5 heteroatoms. The summed E-state index contributed by atoms with van der Waals surface area (Å²) >= 11 is 24.5. The molecule has 0 saturated heterocycles. The lowest BCUT2D eigenvalue weighted by atomic mass is 9.86. The van der Waals surface area contributed by atoms with Crippen LogP contribution in [0.4, 0.5) is 0 Å². The first kappa shape index (κ1) is 16.6. The van der Waals surface area contributed by atoms with Crippen LogP contribution in [0.2, 0.25) is 20.1 Å². The van der Waals surface area contributed by atoms with Crippen molar-refractivity contribution in [3.8, 4) is 0 Å². The molecule has 116 valence electrons. The molecule has 1 nitrogen and oxygen atoms in total. The number of benzene rings is 2. The number of rotatable bonds is 3. The number of hydrogen-bond acceptors (Lipinski definition) is 1. The predicted octanol–water partition coefficient (Wildman–Crippen LogP) is 6.88. The molecule has 0 fully saturated rings. The lowest BCUT2D eigenvalue weighted by molar-refractivity contribution is 0.963. The van der Waals surface area contributed by atoms with Gasteiger partial charge in [-0.1, -0.05) is 64.6 Å². The average Bonchev–Trinajstić information content (AvgIpc) is 2.55. The van der Waals surface area contributed by atoms with Gasteiger partial charge in [-0.05, 0) is 47.0 Å². The second-order valence-electron chi connectivity index (χ2n) is 5.07. The van der Waals surface area contributed by atoms with Gasteiger partial charge in [0.1, 0.15) is 0 Å². The second-order valence-corrected chi connectivity index (χ2v) is 6.70. The molecule has 0 bridgehead atoms. The van der Waals surface area contributed by atoms with Crippen LogP contribution in [0.5, 0.6) is 0 Å². The average molecular weight is 383 g/mol. The van der Waals surface area contributed by atoms with Gasteiger partial charge in [0.25, 0.3) is 0 Å².